The van der Waals surface area contributed by atoms with E-state index in [4.69, 9.17) is 4.74 Å². The summed E-state index contributed by atoms with van der Waals surface area (Å²) in [5.41, 5.74) is 3.27. The first-order valence-electron chi connectivity index (χ1n) is 10.1. The van der Waals surface area contributed by atoms with E-state index in [0.29, 0.717) is 6.73 Å². The topological polar surface area (TPSA) is 33.3 Å². The second-order valence-electron chi connectivity index (χ2n) is 6.77. The zero-order chi connectivity index (χ0) is 18.3. The lowest BCUT2D eigenvalue weighted by Gasteiger charge is -2.10. The summed E-state index contributed by atoms with van der Waals surface area (Å²) in [5, 5.41) is 6.69. The van der Waals surface area contributed by atoms with E-state index in [2.05, 4.69) is 54.0 Å². The maximum Gasteiger partial charge on any atom is 0.116 e. The predicted octanol–water partition coefficient (Wildman–Crippen LogP) is 6.96. The summed E-state index contributed by atoms with van der Waals surface area (Å²) in [4.78, 5) is 0. The molecule has 0 amide bonds. The van der Waals surface area contributed by atoms with Gasteiger partial charge in [0, 0.05) is 23.7 Å². The van der Waals surface area contributed by atoms with Gasteiger partial charge in [-0.15, -0.1) is 0 Å². The Morgan fingerprint density at radius 2 is 1.23 bits per heavy atom. The van der Waals surface area contributed by atoms with Gasteiger partial charge in [0.2, 0.25) is 0 Å². The lowest BCUT2D eigenvalue weighted by atomic mass is 10.1. The summed E-state index contributed by atoms with van der Waals surface area (Å²) in [7, 11) is 0. The molecule has 0 saturated heterocycles. The van der Waals surface area contributed by atoms with Crippen molar-refractivity contribution < 1.29 is 4.74 Å². The van der Waals surface area contributed by atoms with Crippen molar-refractivity contribution in [3.63, 3.8) is 0 Å². The van der Waals surface area contributed by atoms with Crippen molar-refractivity contribution in [2.24, 2.45) is 0 Å². The van der Waals surface area contributed by atoms with Crippen LogP contribution in [-0.4, -0.2) is 13.3 Å². The first kappa shape index (κ1) is 20.3. The highest BCUT2D eigenvalue weighted by Gasteiger charge is 1.96. The Morgan fingerprint density at radius 3 is 1.92 bits per heavy atom. The Hall–Kier alpha value is -2.00. The van der Waals surface area contributed by atoms with Gasteiger partial charge in [-0.25, -0.2) is 0 Å². The van der Waals surface area contributed by atoms with E-state index in [1.54, 1.807) is 0 Å². The molecule has 2 rings (SSSR count). The van der Waals surface area contributed by atoms with E-state index in [1.165, 1.54) is 44.9 Å². The van der Waals surface area contributed by atoms with Crippen LogP contribution in [0, 0.1) is 0 Å². The summed E-state index contributed by atoms with van der Waals surface area (Å²) < 4.78 is 5.68. The normalized spacial score (nSPS) is 10.7. The van der Waals surface area contributed by atoms with Crippen molar-refractivity contribution in [3.8, 4) is 0 Å². The van der Waals surface area contributed by atoms with E-state index >= 15 is 0 Å². The molecule has 0 bridgehead atoms. The lowest BCUT2D eigenvalue weighted by Crippen LogP contribution is -2.07. The fraction of sp³-hybridized carbons (Fsp3) is 0.478. The van der Waals surface area contributed by atoms with Crippen LogP contribution in [-0.2, 0) is 4.74 Å². The highest BCUT2D eigenvalue weighted by atomic mass is 16.5. The third-order valence-corrected chi connectivity index (χ3v) is 4.47. The van der Waals surface area contributed by atoms with Crippen LogP contribution in [0.15, 0.2) is 54.6 Å². The third-order valence-electron chi connectivity index (χ3n) is 4.47. The number of unbranched alkanes of at least 4 members (excludes halogenated alkanes) is 7. The summed E-state index contributed by atoms with van der Waals surface area (Å²) in [6.07, 6.45) is 10.7. The van der Waals surface area contributed by atoms with Gasteiger partial charge in [-0.3, -0.25) is 0 Å². The van der Waals surface area contributed by atoms with Gasteiger partial charge in [-0.1, -0.05) is 70.1 Å². The molecule has 26 heavy (non-hydrogen) atoms. The van der Waals surface area contributed by atoms with Gasteiger partial charge in [0.15, 0.2) is 0 Å². The lowest BCUT2D eigenvalue weighted by molar-refractivity contribution is 0.147. The van der Waals surface area contributed by atoms with Gasteiger partial charge in [-0.2, -0.15) is 0 Å². The highest BCUT2D eigenvalue weighted by molar-refractivity contribution is 5.62. The molecule has 3 nitrogen and oxygen atoms in total. The van der Waals surface area contributed by atoms with E-state index in [0.717, 1.165) is 30.1 Å². The molecule has 2 aromatic rings. The summed E-state index contributed by atoms with van der Waals surface area (Å²) in [6, 6.07) is 18.5. The molecule has 3 heteroatoms. The molecular weight excluding hydrogens is 320 g/mol. The zero-order valence-electron chi connectivity index (χ0n) is 16.2. The number of rotatable bonds is 14. The maximum atomic E-state index is 5.68. The molecule has 2 N–H and O–H groups in total. The van der Waals surface area contributed by atoms with Crippen molar-refractivity contribution in [1.82, 2.24) is 0 Å². The number of benzene rings is 2. The predicted molar refractivity (Wildman–Crippen MR) is 113 cm³/mol. The van der Waals surface area contributed by atoms with Gasteiger partial charge < -0.3 is 15.4 Å². The summed E-state index contributed by atoms with van der Waals surface area (Å²) in [5.74, 6) is 0. The molecule has 0 heterocycles. The van der Waals surface area contributed by atoms with E-state index in [9.17, 15) is 0 Å². The van der Waals surface area contributed by atoms with E-state index < -0.39 is 0 Å². The first-order chi connectivity index (χ1) is 12.9. The molecule has 2 aromatic carbocycles. The second kappa shape index (κ2) is 13.2. The van der Waals surface area contributed by atoms with Crippen molar-refractivity contribution in [1.29, 1.82) is 0 Å². The van der Waals surface area contributed by atoms with Crippen LogP contribution in [0.1, 0.15) is 58.3 Å². The van der Waals surface area contributed by atoms with E-state index in [-0.39, 0.29) is 0 Å². The number of anilines is 3. The molecule has 0 aliphatic heterocycles. The van der Waals surface area contributed by atoms with Crippen LogP contribution in [0.4, 0.5) is 17.1 Å². The highest BCUT2D eigenvalue weighted by Crippen LogP contribution is 2.18. The van der Waals surface area contributed by atoms with Crippen molar-refractivity contribution in [2.45, 2.75) is 58.3 Å². The van der Waals surface area contributed by atoms with Crippen LogP contribution in [0.3, 0.4) is 0 Å². The summed E-state index contributed by atoms with van der Waals surface area (Å²) >= 11 is 0. The molecule has 0 saturated carbocycles. The van der Waals surface area contributed by atoms with Gasteiger partial charge in [0.05, 0.1) is 0 Å². The van der Waals surface area contributed by atoms with Gasteiger partial charge in [0.1, 0.15) is 6.73 Å². The molecular formula is C23H34N2O. The average Bonchev–Trinajstić information content (AvgIpc) is 2.68. The molecule has 142 valence electrons. The van der Waals surface area contributed by atoms with Gasteiger partial charge in [0.25, 0.3) is 0 Å². The molecule has 0 radical (unpaired) electrons. The van der Waals surface area contributed by atoms with Crippen LogP contribution in [0.5, 0.6) is 0 Å². The first-order valence-corrected chi connectivity index (χ1v) is 10.1. The Bertz CT molecular complexity index is 569. The van der Waals surface area contributed by atoms with Gasteiger partial charge >= 0.3 is 0 Å². The fourth-order valence-electron chi connectivity index (χ4n) is 2.90. The maximum absolute atomic E-state index is 5.68. The Labute approximate surface area is 159 Å². The Kier molecular flexibility index (Phi) is 10.3. The number of ether oxygens (including phenoxy) is 1. The number of nitrogens with one attached hydrogen (secondary N) is 2. The largest absolute Gasteiger partial charge is 0.363 e. The molecule has 0 unspecified atom stereocenters. The molecule has 0 spiro atoms. The SMILES string of the molecule is CCCCCCCCCCOCNc1ccc(Nc2ccccc2)cc1. The number of para-hydroxylation sites is 1. The minimum absolute atomic E-state index is 0.571. The van der Waals surface area contributed by atoms with Crippen LogP contribution in [0.2, 0.25) is 0 Å². The quantitative estimate of drug-likeness (QED) is 0.284. The Balaban J connectivity index is 1.49. The van der Waals surface area contributed by atoms with Crippen molar-refractivity contribution in [3.05, 3.63) is 54.6 Å². The molecule has 0 aliphatic rings. The van der Waals surface area contributed by atoms with Crippen molar-refractivity contribution >= 4 is 17.1 Å². The number of hydrogen-bond acceptors (Lipinski definition) is 3. The standard InChI is InChI=1S/C23H34N2O/c1-2-3-4-5-6-7-8-12-19-26-20-24-21-15-17-23(18-16-21)25-22-13-10-9-11-14-22/h9-11,13-18,24-25H,2-8,12,19-20H2,1H3. The zero-order valence-corrected chi connectivity index (χ0v) is 16.2. The Morgan fingerprint density at radius 1 is 0.654 bits per heavy atom. The van der Waals surface area contributed by atoms with Crippen molar-refractivity contribution in [2.75, 3.05) is 24.0 Å². The van der Waals surface area contributed by atoms with Gasteiger partial charge in [-0.05, 0) is 42.8 Å². The molecule has 0 atom stereocenters. The van der Waals surface area contributed by atoms with Crippen LogP contribution >= 0.6 is 0 Å². The minimum atomic E-state index is 0.571. The number of hydrogen-bond donors (Lipinski definition) is 2. The monoisotopic (exact) mass is 354 g/mol. The average molecular weight is 355 g/mol. The van der Waals surface area contributed by atoms with Crippen LogP contribution < -0.4 is 10.6 Å². The molecule has 0 aromatic heterocycles. The van der Waals surface area contributed by atoms with E-state index in [1.807, 2.05) is 18.2 Å². The summed E-state index contributed by atoms with van der Waals surface area (Å²) in [6.45, 7) is 3.68. The fourth-order valence-corrected chi connectivity index (χ4v) is 2.90. The van der Waals surface area contributed by atoms with Crippen LogP contribution in [0.25, 0.3) is 0 Å². The molecule has 0 aliphatic carbocycles. The smallest absolute Gasteiger partial charge is 0.116 e. The third kappa shape index (κ3) is 8.91. The second-order valence-corrected chi connectivity index (χ2v) is 6.77. The minimum Gasteiger partial charge on any atom is -0.363 e. The molecule has 0 fully saturated rings.